The van der Waals surface area contributed by atoms with E-state index in [9.17, 15) is 24.3 Å². The number of benzene rings is 1. The maximum atomic E-state index is 13.3. The van der Waals surface area contributed by atoms with E-state index in [1.165, 1.54) is 14.2 Å². The Bertz CT molecular complexity index is 1140. The molecule has 1 aromatic carbocycles. The summed E-state index contributed by atoms with van der Waals surface area (Å²) >= 11 is 0. The number of carboxylic acids is 1. The zero-order valence-electron chi connectivity index (χ0n) is 18.5. The number of carbonyl (C=O) groups excluding carboxylic acids is 1. The van der Waals surface area contributed by atoms with Crippen molar-refractivity contribution in [2.75, 3.05) is 20.8 Å². The summed E-state index contributed by atoms with van der Waals surface area (Å²) in [6.45, 7) is -0.954. The Labute approximate surface area is 189 Å². The predicted octanol–water partition coefficient (Wildman–Crippen LogP) is 1.10. The topological polar surface area (TPSA) is 149 Å². The van der Waals surface area contributed by atoms with Crippen LogP contribution in [-0.2, 0) is 11.3 Å². The highest BCUT2D eigenvalue weighted by molar-refractivity contribution is 5.97. The van der Waals surface area contributed by atoms with Gasteiger partial charge in [-0.3, -0.25) is 23.5 Å². The van der Waals surface area contributed by atoms with E-state index in [-0.39, 0.29) is 12.6 Å². The number of hydrogen-bond donors (Lipinski definition) is 3. The standard InChI is InChI=1S/C22H27N3O8/c1-32-15-8-13(9-16(10-15)33-2)12-24-20(29)18(19(28)23-11-17(26)27)21(30)25(22(24)31)14-6-4-3-5-7-14/h8-10,14,30H,3-7,11-12H2,1-2H3,(H,23,28)(H,26,27). The molecular formula is C22H27N3O8. The Morgan fingerprint density at radius 2 is 1.67 bits per heavy atom. The number of hydrogen-bond acceptors (Lipinski definition) is 7. The monoisotopic (exact) mass is 461 g/mol. The number of aliphatic carboxylic acids is 1. The van der Waals surface area contributed by atoms with Gasteiger partial charge in [0.2, 0.25) is 5.88 Å². The third kappa shape index (κ3) is 5.18. The van der Waals surface area contributed by atoms with Crippen molar-refractivity contribution >= 4 is 11.9 Å². The average Bonchev–Trinajstić information content (AvgIpc) is 2.81. The molecule has 0 saturated heterocycles. The minimum Gasteiger partial charge on any atom is -0.497 e. The normalized spacial score (nSPS) is 14.0. The van der Waals surface area contributed by atoms with Crippen LogP contribution < -0.4 is 26.0 Å². The van der Waals surface area contributed by atoms with Crippen LogP contribution in [0.15, 0.2) is 27.8 Å². The van der Waals surface area contributed by atoms with Gasteiger partial charge in [0.15, 0.2) is 5.56 Å². The van der Waals surface area contributed by atoms with Gasteiger partial charge in [0.1, 0.15) is 18.0 Å². The number of carboxylic acid groups (broad SMARTS) is 1. The van der Waals surface area contributed by atoms with Gasteiger partial charge < -0.3 is 25.0 Å². The van der Waals surface area contributed by atoms with Crippen molar-refractivity contribution < 1.29 is 29.3 Å². The van der Waals surface area contributed by atoms with Crippen molar-refractivity contribution in [3.63, 3.8) is 0 Å². The maximum Gasteiger partial charge on any atom is 0.334 e. The van der Waals surface area contributed by atoms with Gasteiger partial charge in [-0.2, -0.15) is 0 Å². The number of ether oxygens (including phenoxy) is 2. The molecule has 1 aromatic heterocycles. The molecule has 3 N–H and O–H groups in total. The summed E-state index contributed by atoms with van der Waals surface area (Å²) in [5.74, 6) is -2.24. The molecule has 3 rings (SSSR count). The maximum absolute atomic E-state index is 13.3. The lowest BCUT2D eigenvalue weighted by Crippen LogP contribution is -2.46. The van der Waals surface area contributed by atoms with Gasteiger partial charge in [-0.1, -0.05) is 19.3 Å². The summed E-state index contributed by atoms with van der Waals surface area (Å²) in [5, 5.41) is 21.7. The molecule has 1 aliphatic rings. The molecule has 0 unspecified atom stereocenters. The highest BCUT2D eigenvalue weighted by Gasteiger charge is 2.29. The highest BCUT2D eigenvalue weighted by Crippen LogP contribution is 2.30. The molecule has 1 saturated carbocycles. The van der Waals surface area contributed by atoms with Gasteiger partial charge in [-0.15, -0.1) is 0 Å². The Balaban J connectivity index is 2.17. The van der Waals surface area contributed by atoms with Gasteiger partial charge in [0.05, 0.1) is 20.8 Å². The third-order valence-corrected chi connectivity index (χ3v) is 5.67. The van der Waals surface area contributed by atoms with Crippen LogP contribution in [0.4, 0.5) is 0 Å². The van der Waals surface area contributed by atoms with E-state index in [1.807, 2.05) is 0 Å². The van der Waals surface area contributed by atoms with Crippen LogP contribution in [0.2, 0.25) is 0 Å². The zero-order valence-corrected chi connectivity index (χ0v) is 18.5. The molecule has 178 valence electrons. The molecule has 1 heterocycles. The van der Waals surface area contributed by atoms with E-state index >= 15 is 0 Å². The molecule has 11 heteroatoms. The quantitative estimate of drug-likeness (QED) is 0.529. The molecule has 1 amide bonds. The second-order valence-corrected chi connectivity index (χ2v) is 7.83. The first-order valence-corrected chi connectivity index (χ1v) is 10.6. The van der Waals surface area contributed by atoms with Crippen LogP contribution in [0.3, 0.4) is 0 Å². The van der Waals surface area contributed by atoms with Crippen molar-refractivity contribution in [3.05, 3.63) is 50.2 Å². The van der Waals surface area contributed by atoms with E-state index in [2.05, 4.69) is 5.32 Å². The molecule has 0 bridgehead atoms. The summed E-state index contributed by atoms with van der Waals surface area (Å²) in [5.41, 5.74) is -1.94. The van der Waals surface area contributed by atoms with Gasteiger partial charge in [-0.25, -0.2) is 4.79 Å². The lowest BCUT2D eigenvalue weighted by atomic mass is 9.95. The van der Waals surface area contributed by atoms with Crippen molar-refractivity contribution in [3.8, 4) is 17.4 Å². The molecule has 0 atom stereocenters. The zero-order chi connectivity index (χ0) is 24.1. The van der Waals surface area contributed by atoms with Crippen LogP contribution in [0.5, 0.6) is 17.4 Å². The van der Waals surface area contributed by atoms with Gasteiger partial charge in [-0.05, 0) is 30.5 Å². The first-order chi connectivity index (χ1) is 15.8. The summed E-state index contributed by atoms with van der Waals surface area (Å²) < 4.78 is 12.4. The van der Waals surface area contributed by atoms with Crippen LogP contribution in [0.25, 0.3) is 0 Å². The Morgan fingerprint density at radius 3 is 2.21 bits per heavy atom. The molecular weight excluding hydrogens is 434 g/mol. The fraction of sp³-hybridized carbons (Fsp3) is 0.455. The van der Waals surface area contributed by atoms with Crippen molar-refractivity contribution in [1.82, 2.24) is 14.5 Å². The Morgan fingerprint density at radius 1 is 1.06 bits per heavy atom. The number of rotatable bonds is 8. The number of carbonyl (C=O) groups is 2. The molecule has 2 aromatic rings. The molecule has 11 nitrogen and oxygen atoms in total. The number of amides is 1. The minimum atomic E-state index is -1.31. The minimum absolute atomic E-state index is 0.211. The smallest absolute Gasteiger partial charge is 0.334 e. The summed E-state index contributed by atoms with van der Waals surface area (Å²) in [4.78, 5) is 50.0. The van der Waals surface area contributed by atoms with Crippen molar-refractivity contribution in [2.45, 2.75) is 44.7 Å². The third-order valence-electron chi connectivity index (χ3n) is 5.67. The Hall–Kier alpha value is -3.76. The van der Waals surface area contributed by atoms with E-state index in [1.54, 1.807) is 18.2 Å². The molecule has 0 spiro atoms. The molecule has 1 fully saturated rings. The van der Waals surface area contributed by atoms with E-state index in [0.29, 0.717) is 29.9 Å². The first-order valence-electron chi connectivity index (χ1n) is 10.6. The lowest BCUT2D eigenvalue weighted by Gasteiger charge is -2.26. The largest absolute Gasteiger partial charge is 0.497 e. The molecule has 1 aliphatic carbocycles. The van der Waals surface area contributed by atoms with Crippen molar-refractivity contribution in [2.24, 2.45) is 0 Å². The van der Waals surface area contributed by atoms with Crippen LogP contribution in [0.1, 0.15) is 54.1 Å². The molecule has 0 radical (unpaired) electrons. The molecule has 33 heavy (non-hydrogen) atoms. The highest BCUT2D eigenvalue weighted by atomic mass is 16.5. The Kier molecular flexibility index (Phi) is 7.41. The van der Waals surface area contributed by atoms with E-state index < -0.39 is 41.1 Å². The number of nitrogens with zero attached hydrogens (tertiary/aromatic N) is 2. The van der Waals surface area contributed by atoms with Gasteiger partial charge >= 0.3 is 11.7 Å². The van der Waals surface area contributed by atoms with Crippen LogP contribution in [0, 0.1) is 0 Å². The second kappa shape index (κ2) is 10.2. The summed E-state index contributed by atoms with van der Waals surface area (Å²) in [6, 6.07) is 4.49. The number of methoxy groups -OCH3 is 2. The first kappa shape index (κ1) is 23.9. The van der Waals surface area contributed by atoms with Crippen molar-refractivity contribution in [1.29, 1.82) is 0 Å². The lowest BCUT2D eigenvalue weighted by molar-refractivity contribution is -0.135. The SMILES string of the molecule is COc1cc(Cn2c(=O)c(C(=O)NCC(=O)O)c(O)n(C3CCCCC3)c2=O)cc(OC)c1. The summed E-state index contributed by atoms with van der Waals surface area (Å²) in [6.07, 6.45) is 3.87. The number of nitrogens with one attached hydrogen (secondary N) is 1. The average molecular weight is 461 g/mol. The predicted molar refractivity (Wildman–Crippen MR) is 117 cm³/mol. The van der Waals surface area contributed by atoms with E-state index in [0.717, 1.165) is 28.4 Å². The second-order valence-electron chi connectivity index (χ2n) is 7.83. The fourth-order valence-electron chi connectivity index (χ4n) is 4.05. The molecule has 0 aliphatic heterocycles. The van der Waals surface area contributed by atoms with Gasteiger partial charge in [0.25, 0.3) is 11.5 Å². The van der Waals surface area contributed by atoms with Crippen LogP contribution in [-0.4, -0.2) is 52.0 Å². The number of aromatic nitrogens is 2. The summed E-state index contributed by atoms with van der Waals surface area (Å²) in [7, 11) is 2.93. The van der Waals surface area contributed by atoms with E-state index in [4.69, 9.17) is 14.6 Å². The fourth-order valence-corrected chi connectivity index (χ4v) is 4.05. The number of aromatic hydroxyl groups is 1. The van der Waals surface area contributed by atoms with Gasteiger partial charge in [0, 0.05) is 12.1 Å². The van der Waals surface area contributed by atoms with Crippen LogP contribution >= 0.6 is 0 Å².